The topological polar surface area (TPSA) is 26.3 Å². The van der Waals surface area contributed by atoms with Crippen LogP contribution in [0.2, 0.25) is 0 Å². The van der Waals surface area contributed by atoms with E-state index in [9.17, 15) is 4.79 Å². The van der Waals surface area contributed by atoms with Crippen molar-refractivity contribution in [2.75, 3.05) is 6.61 Å². The zero-order chi connectivity index (χ0) is 12.0. The molecule has 0 aliphatic heterocycles. The summed E-state index contributed by atoms with van der Waals surface area (Å²) in [4.78, 5) is 11.0. The van der Waals surface area contributed by atoms with Gasteiger partial charge in [0.15, 0.2) is 0 Å². The van der Waals surface area contributed by atoms with Gasteiger partial charge in [-0.05, 0) is 44.0 Å². The van der Waals surface area contributed by atoms with Crippen molar-refractivity contribution in [1.29, 1.82) is 0 Å². The van der Waals surface area contributed by atoms with Crippen LogP contribution in [0.1, 0.15) is 30.0 Å². The van der Waals surface area contributed by atoms with Crippen molar-refractivity contribution in [3.8, 4) is 11.8 Å². The van der Waals surface area contributed by atoms with Crippen molar-refractivity contribution in [1.82, 2.24) is 0 Å². The fourth-order valence-electron chi connectivity index (χ4n) is 1.25. The number of rotatable bonds is 2. The lowest BCUT2D eigenvalue weighted by Crippen LogP contribution is -2.01. The van der Waals surface area contributed by atoms with Crippen LogP contribution in [-0.4, -0.2) is 12.6 Å². The van der Waals surface area contributed by atoms with Gasteiger partial charge in [-0.25, -0.2) is 0 Å². The van der Waals surface area contributed by atoms with Crippen LogP contribution in [0.3, 0.4) is 0 Å². The van der Waals surface area contributed by atoms with Crippen LogP contribution in [0.4, 0.5) is 0 Å². The number of esters is 1. The summed E-state index contributed by atoms with van der Waals surface area (Å²) in [5.74, 6) is 5.49. The summed E-state index contributed by atoms with van der Waals surface area (Å²) < 4.78 is 4.78. The molecule has 0 saturated heterocycles. The van der Waals surface area contributed by atoms with Gasteiger partial charge in [0.05, 0.1) is 6.61 Å². The Kier molecular flexibility index (Phi) is 4.60. The van der Waals surface area contributed by atoms with Gasteiger partial charge in [0.2, 0.25) is 0 Å². The standard InChI is InChI=1S/C14H16O2/c1-4-16-14(15)7-5-6-13-9-8-11(2)12(3)10-13/h8-10H,4,7H2,1-3H3. The molecule has 1 rings (SSSR count). The summed E-state index contributed by atoms with van der Waals surface area (Å²) in [5.41, 5.74) is 3.39. The van der Waals surface area contributed by atoms with E-state index in [1.54, 1.807) is 6.92 Å². The van der Waals surface area contributed by atoms with E-state index >= 15 is 0 Å². The molecule has 0 heterocycles. The van der Waals surface area contributed by atoms with Gasteiger partial charge in [0, 0.05) is 5.56 Å². The predicted molar refractivity (Wildman–Crippen MR) is 64.0 cm³/mol. The molecule has 0 spiro atoms. The third-order valence-electron chi connectivity index (χ3n) is 2.28. The SMILES string of the molecule is CCOC(=O)CC#Cc1ccc(C)c(C)c1. The molecule has 0 saturated carbocycles. The maximum Gasteiger partial charge on any atom is 0.317 e. The number of carbonyl (C=O) groups excluding carboxylic acids is 1. The Morgan fingerprint density at radius 3 is 2.69 bits per heavy atom. The van der Waals surface area contributed by atoms with E-state index < -0.39 is 0 Å². The van der Waals surface area contributed by atoms with E-state index in [1.165, 1.54) is 11.1 Å². The molecule has 1 aromatic carbocycles. The molecule has 0 bridgehead atoms. The summed E-state index contributed by atoms with van der Waals surface area (Å²) in [7, 11) is 0. The van der Waals surface area contributed by atoms with E-state index in [0.717, 1.165) is 5.56 Å². The number of aryl methyl sites for hydroxylation is 2. The fraction of sp³-hybridized carbons (Fsp3) is 0.357. The van der Waals surface area contributed by atoms with E-state index in [0.29, 0.717) is 6.61 Å². The highest BCUT2D eigenvalue weighted by molar-refractivity contribution is 5.72. The van der Waals surface area contributed by atoms with Crippen molar-refractivity contribution in [2.45, 2.75) is 27.2 Å². The predicted octanol–water partition coefficient (Wildman–Crippen LogP) is 2.61. The summed E-state index contributed by atoms with van der Waals surface area (Å²) in [6.07, 6.45) is 0.154. The Hall–Kier alpha value is -1.75. The van der Waals surface area contributed by atoms with Gasteiger partial charge < -0.3 is 4.74 Å². The molecule has 0 amide bonds. The van der Waals surface area contributed by atoms with Crippen molar-refractivity contribution in [3.05, 3.63) is 34.9 Å². The second-order valence-corrected chi connectivity index (χ2v) is 3.58. The van der Waals surface area contributed by atoms with E-state index in [2.05, 4.69) is 18.8 Å². The minimum Gasteiger partial charge on any atom is -0.465 e. The van der Waals surface area contributed by atoms with Gasteiger partial charge in [-0.3, -0.25) is 4.79 Å². The quantitative estimate of drug-likeness (QED) is 0.561. The monoisotopic (exact) mass is 216 g/mol. The molecule has 0 fully saturated rings. The lowest BCUT2D eigenvalue weighted by molar-refractivity contribution is -0.141. The smallest absolute Gasteiger partial charge is 0.317 e. The van der Waals surface area contributed by atoms with Gasteiger partial charge >= 0.3 is 5.97 Å². The molecule has 0 radical (unpaired) electrons. The second-order valence-electron chi connectivity index (χ2n) is 3.58. The largest absolute Gasteiger partial charge is 0.465 e. The average molecular weight is 216 g/mol. The summed E-state index contributed by atoms with van der Waals surface area (Å²) >= 11 is 0. The molecule has 0 atom stereocenters. The molecule has 0 aliphatic rings. The minimum atomic E-state index is -0.265. The Morgan fingerprint density at radius 1 is 1.31 bits per heavy atom. The second kappa shape index (κ2) is 5.97. The van der Waals surface area contributed by atoms with E-state index in [-0.39, 0.29) is 12.4 Å². The van der Waals surface area contributed by atoms with E-state index in [4.69, 9.17) is 4.74 Å². The van der Waals surface area contributed by atoms with Crippen LogP contribution < -0.4 is 0 Å². The molecule has 16 heavy (non-hydrogen) atoms. The first kappa shape index (κ1) is 12.3. The molecular formula is C14H16O2. The van der Waals surface area contributed by atoms with Gasteiger partial charge in [-0.1, -0.05) is 17.9 Å². The molecule has 2 heteroatoms. The molecular weight excluding hydrogens is 200 g/mol. The zero-order valence-corrected chi connectivity index (χ0v) is 9.96. The third-order valence-corrected chi connectivity index (χ3v) is 2.28. The van der Waals surface area contributed by atoms with Crippen LogP contribution in [0.15, 0.2) is 18.2 Å². The van der Waals surface area contributed by atoms with Crippen molar-refractivity contribution in [3.63, 3.8) is 0 Å². The first-order valence-corrected chi connectivity index (χ1v) is 5.35. The maximum atomic E-state index is 11.0. The Balaban J connectivity index is 2.63. The van der Waals surface area contributed by atoms with Crippen LogP contribution in [0.5, 0.6) is 0 Å². The number of carbonyl (C=O) groups is 1. The highest BCUT2D eigenvalue weighted by Gasteiger charge is 1.96. The van der Waals surface area contributed by atoms with Crippen LogP contribution in [-0.2, 0) is 9.53 Å². The molecule has 0 N–H and O–H groups in total. The maximum absolute atomic E-state index is 11.0. The lowest BCUT2D eigenvalue weighted by atomic mass is 10.1. The van der Waals surface area contributed by atoms with Crippen molar-refractivity contribution < 1.29 is 9.53 Å². The van der Waals surface area contributed by atoms with Crippen molar-refractivity contribution in [2.24, 2.45) is 0 Å². The number of hydrogen-bond acceptors (Lipinski definition) is 2. The number of benzene rings is 1. The molecule has 0 unspecified atom stereocenters. The van der Waals surface area contributed by atoms with Gasteiger partial charge in [-0.2, -0.15) is 0 Å². The third kappa shape index (κ3) is 3.78. The summed E-state index contributed by atoms with van der Waals surface area (Å²) in [6, 6.07) is 6.01. The molecule has 0 aromatic heterocycles. The zero-order valence-electron chi connectivity index (χ0n) is 9.96. The molecule has 0 aliphatic carbocycles. The summed E-state index contributed by atoms with van der Waals surface area (Å²) in [6.45, 7) is 6.30. The van der Waals surface area contributed by atoms with Gasteiger partial charge in [-0.15, -0.1) is 0 Å². The average Bonchev–Trinajstić information content (AvgIpc) is 2.24. The highest BCUT2D eigenvalue weighted by atomic mass is 16.5. The minimum absolute atomic E-state index is 0.154. The normalized spacial score (nSPS) is 9.19. The first-order valence-electron chi connectivity index (χ1n) is 5.35. The van der Waals surface area contributed by atoms with Crippen LogP contribution >= 0.6 is 0 Å². The van der Waals surface area contributed by atoms with Gasteiger partial charge in [0.25, 0.3) is 0 Å². The summed E-state index contributed by atoms with van der Waals surface area (Å²) in [5, 5.41) is 0. The number of ether oxygens (including phenoxy) is 1. The number of hydrogen-bond donors (Lipinski definition) is 0. The first-order chi connectivity index (χ1) is 7.63. The Labute approximate surface area is 96.6 Å². The van der Waals surface area contributed by atoms with Crippen LogP contribution in [0.25, 0.3) is 0 Å². The molecule has 84 valence electrons. The van der Waals surface area contributed by atoms with Crippen LogP contribution in [0, 0.1) is 25.7 Å². The lowest BCUT2D eigenvalue weighted by Gasteiger charge is -1.99. The Bertz CT molecular complexity index is 436. The van der Waals surface area contributed by atoms with Gasteiger partial charge in [0.1, 0.15) is 6.42 Å². The molecule has 1 aromatic rings. The van der Waals surface area contributed by atoms with E-state index in [1.807, 2.05) is 25.1 Å². The highest BCUT2D eigenvalue weighted by Crippen LogP contribution is 2.08. The Morgan fingerprint density at radius 2 is 2.06 bits per heavy atom. The fourth-order valence-corrected chi connectivity index (χ4v) is 1.25. The molecule has 2 nitrogen and oxygen atoms in total. The van der Waals surface area contributed by atoms with Crippen molar-refractivity contribution >= 4 is 5.97 Å².